The van der Waals surface area contributed by atoms with Crippen LogP contribution in [-0.2, 0) is 28.5 Å². The van der Waals surface area contributed by atoms with Crippen molar-refractivity contribution in [3.8, 4) is 0 Å². The lowest BCUT2D eigenvalue weighted by atomic mass is 9.99. The number of esters is 2. The molecule has 1 saturated heterocycles. The van der Waals surface area contributed by atoms with E-state index >= 15 is 0 Å². The van der Waals surface area contributed by atoms with Crippen molar-refractivity contribution in [3.63, 3.8) is 0 Å². The SMILES string of the molecule is COC(=O)CCCCCCCCC1(CCCCCCCCC(=O)OC)OCCO1. The largest absolute Gasteiger partial charge is 0.469 e. The molecule has 0 radical (unpaired) electrons. The van der Waals surface area contributed by atoms with Crippen molar-refractivity contribution in [2.45, 2.75) is 109 Å². The van der Waals surface area contributed by atoms with E-state index in [1.54, 1.807) is 0 Å². The number of ether oxygens (including phenoxy) is 4. The summed E-state index contributed by atoms with van der Waals surface area (Å²) < 4.78 is 21.3. The van der Waals surface area contributed by atoms with Crippen LogP contribution in [-0.4, -0.2) is 45.2 Å². The van der Waals surface area contributed by atoms with Crippen LogP contribution in [0, 0.1) is 0 Å². The first-order valence-electron chi connectivity index (χ1n) is 11.5. The standard InChI is InChI=1S/C23H42O6/c1-26-21(24)15-11-7-3-5-9-13-17-23(28-19-20-29-23)18-14-10-6-4-8-12-16-22(25)27-2/h3-20H2,1-2H3. The van der Waals surface area contributed by atoms with Gasteiger partial charge < -0.3 is 18.9 Å². The molecule has 0 aromatic rings. The van der Waals surface area contributed by atoms with Crippen molar-refractivity contribution in [2.75, 3.05) is 27.4 Å². The first-order chi connectivity index (χ1) is 14.1. The van der Waals surface area contributed by atoms with Crippen molar-refractivity contribution >= 4 is 11.9 Å². The quantitative estimate of drug-likeness (QED) is 0.223. The molecule has 0 bridgehead atoms. The van der Waals surface area contributed by atoms with Crippen molar-refractivity contribution in [1.29, 1.82) is 0 Å². The number of hydrogen-bond acceptors (Lipinski definition) is 6. The molecule has 1 aliphatic rings. The van der Waals surface area contributed by atoms with Crippen molar-refractivity contribution in [2.24, 2.45) is 0 Å². The molecule has 1 aliphatic heterocycles. The van der Waals surface area contributed by atoms with Crippen molar-refractivity contribution < 1.29 is 28.5 Å². The van der Waals surface area contributed by atoms with Gasteiger partial charge in [-0.1, -0.05) is 51.4 Å². The fourth-order valence-electron chi connectivity index (χ4n) is 3.86. The minimum absolute atomic E-state index is 0.108. The molecule has 0 aliphatic carbocycles. The third kappa shape index (κ3) is 12.9. The summed E-state index contributed by atoms with van der Waals surface area (Å²) in [4.78, 5) is 22.1. The molecule has 0 spiro atoms. The van der Waals surface area contributed by atoms with E-state index in [9.17, 15) is 9.59 Å². The molecule has 0 saturated carbocycles. The summed E-state index contributed by atoms with van der Waals surface area (Å²) in [6, 6.07) is 0. The average Bonchev–Trinajstić information content (AvgIpc) is 3.20. The van der Waals surface area contributed by atoms with Gasteiger partial charge in [0.2, 0.25) is 0 Å². The maximum Gasteiger partial charge on any atom is 0.305 e. The van der Waals surface area contributed by atoms with Crippen LogP contribution >= 0.6 is 0 Å². The lowest BCUT2D eigenvalue weighted by molar-refractivity contribution is -0.168. The van der Waals surface area contributed by atoms with E-state index in [0.29, 0.717) is 26.1 Å². The molecule has 0 aromatic carbocycles. The van der Waals surface area contributed by atoms with Gasteiger partial charge >= 0.3 is 11.9 Å². The Labute approximate surface area is 177 Å². The number of carbonyl (C=O) groups is 2. The van der Waals surface area contributed by atoms with E-state index in [2.05, 4.69) is 9.47 Å². The summed E-state index contributed by atoms with van der Waals surface area (Å²) in [6.45, 7) is 1.42. The van der Waals surface area contributed by atoms with E-state index < -0.39 is 0 Å². The molecule has 6 heteroatoms. The van der Waals surface area contributed by atoms with Gasteiger partial charge in [-0.3, -0.25) is 9.59 Å². The Bertz CT molecular complexity index is 397. The highest BCUT2D eigenvalue weighted by atomic mass is 16.7. The second-order valence-electron chi connectivity index (χ2n) is 8.00. The van der Waals surface area contributed by atoms with Gasteiger partial charge in [-0.15, -0.1) is 0 Å². The highest BCUT2D eigenvalue weighted by Gasteiger charge is 2.35. The van der Waals surface area contributed by atoms with Crippen LogP contribution < -0.4 is 0 Å². The minimum Gasteiger partial charge on any atom is -0.469 e. The van der Waals surface area contributed by atoms with E-state index in [-0.39, 0.29) is 17.7 Å². The fourth-order valence-corrected chi connectivity index (χ4v) is 3.86. The van der Waals surface area contributed by atoms with Gasteiger partial charge in [0.15, 0.2) is 5.79 Å². The van der Waals surface area contributed by atoms with Crippen LogP contribution in [0.1, 0.15) is 103 Å². The zero-order valence-corrected chi connectivity index (χ0v) is 18.7. The lowest BCUT2D eigenvalue weighted by Gasteiger charge is -2.27. The normalized spacial score (nSPS) is 15.4. The zero-order valence-electron chi connectivity index (χ0n) is 18.7. The third-order valence-corrected chi connectivity index (χ3v) is 5.65. The van der Waals surface area contributed by atoms with E-state index in [1.807, 2.05) is 0 Å². The van der Waals surface area contributed by atoms with Gasteiger partial charge in [-0.05, 0) is 25.7 Å². The van der Waals surface area contributed by atoms with E-state index in [0.717, 1.165) is 51.4 Å². The zero-order chi connectivity index (χ0) is 21.2. The number of unbranched alkanes of at least 4 members (excludes halogenated alkanes) is 10. The maximum absolute atomic E-state index is 11.1. The number of methoxy groups -OCH3 is 2. The summed E-state index contributed by atoms with van der Waals surface area (Å²) in [5, 5.41) is 0. The van der Waals surface area contributed by atoms with Crippen LogP contribution in [0.2, 0.25) is 0 Å². The predicted octanol–water partition coefficient (Wildman–Crippen LogP) is 5.32. The third-order valence-electron chi connectivity index (χ3n) is 5.65. The Hall–Kier alpha value is -1.14. The highest BCUT2D eigenvalue weighted by Crippen LogP contribution is 2.32. The van der Waals surface area contributed by atoms with E-state index in [1.165, 1.54) is 52.7 Å². The summed E-state index contributed by atoms with van der Waals surface area (Å²) in [7, 11) is 2.89. The maximum atomic E-state index is 11.1. The van der Waals surface area contributed by atoms with Crippen LogP contribution in [0.15, 0.2) is 0 Å². The second kappa shape index (κ2) is 16.6. The molecule has 1 fully saturated rings. The minimum atomic E-state index is -0.351. The second-order valence-corrected chi connectivity index (χ2v) is 8.00. The molecular formula is C23H42O6. The van der Waals surface area contributed by atoms with Crippen LogP contribution in [0.3, 0.4) is 0 Å². The fraction of sp³-hybridized carbons (Fsp3) is 0.913. The van der Waals surface area contributed by atoms with Gasteiger partial charge in [-0.25, -0.2) is 0 Å². The molecule has 0 atom stereocenters. The Morgan fingerprint density at radius 1 is 0.621 bits per heavy atom. The molecular weight excluding hydrogens is 372 g/mol. The molecule has 170 valence electrons. The van der Waals surface area contributed by atoms with Crippen molar-refractivity contribution in [3.05, 3.63) is 0 Å². The van der Waals surface area contributed by atoms with Gasteiger partial charge in [0, 0.05) is 25.7 Å². The van der Waals surface area contributed by atoms with Gasteiger partial charge in [-0.2, -0.15) is 0 Å². The average molecular weight is 415 g/mol. The van der Waals surface area contributed by atoms with Gasteiger partial charge in [0.1, 0.15) is 0 Å². The van der Waals surface area contributed by atoms with Crippen LogP contribution in [0.25, 0.3) is 0 Å². The van der Waals surface area contributed by atoms with E-state index in [4.69, 9.17) is 9.47 Å². The molecule has 0 unspecified atom stereocenters. The summed E-state index contributed by atoms with van der Waals surface area (Å²) in [5.41, 5.74) is 0. The number of hydrogen-bond donors (Lipinski definition) is 0. The van der Waals surface area contributed by atoms with Crippen molar-refractivity contribution in [1.82, 2.24) is 0 Å². The lowest BCUT2D eigenvalue weighted by Crippen LogP contribution is -2.30. The Kier molecular flexibility index (Phi) is 14.9. The summed E-state index contributed by atoms with van der Waals surface area (Å²) >= 11 is 0. The molecule has 0 N–H and O–H groups in total. The molecule has 0 aromatic heterocycles. The van der Waals surface area contributed by atoms with Crippen LogP contribution in [0.4, 0.5) is 0 Å². The number of rotatable bonds is 18. The van der Waals surface area contributed by atoms with Gasteiger partial charge in [0.25, 0.3) is 0 Å². The molecule has 0 amide bonds. The molecule has 1 rings (SSSR count). The summed E-state index contributed by atoms with van der Waals surface area (Å²) in [5.74, 6) is -0.567. The smallest absolute Gasteiger partial charge is 0.305 e. The molecule has 6 nitrogen and oxygen atoms in total. The first kappa shape index (κ1) is 25.9. The predicted molar refractivity (Wildman–Crippen MR) is 113 cm³/mol. The Balaban J connectivity index is 2.02. The topological polar surface area (TPSA) is 71.1 Å². The monoisotopic (exact) mass is 414 g/mol. The summed E-state index contributed by atoms with van der Waals surface area (Å²) in [6.07, 6.45) is 16.4. The molecule has 1 heterocycles. The Morgan fingerprint density at radius 2 is 0.966 bits per heavy atom. The Morgan fingerprint density at radius 3 is 1.34 bits per heavy atom. The molecule has 29 heavy (non-hydrogen) atoms. The number of carbonyl (C=O) groups excluding carboxylic acids is 2. The van der Waals surface area contributed by atoms with Crippen LogP contribution in [0.5, 0.6) is 0 Å². The van der Waals surface area contributed by atoms with Gasteiger partial charge in [0.05, 0.1) is 27.4 Å². The first-order valence-corrected chi connectivity index (χ1v) is 11.5. The highest BCUT2D eigenvalue weighted by molar-refractivity contribution is 5.69.